The summed E-state index contributed by atoms with van der Waals surface area (Å²) in [5.41, 5.74) is 7.07. The molecule has 0 amide bonds. The smallest absolute Gasteiger partial charge is 0.0429 e. The SMILES string of the molecule is c1ccc(CN2C(=C(c3ccccc3)c3ccccc3)[C@H]3CC[C@@H]2C3)cc1. The first-order valence-electron chi connectivity index (χ1n) is 10.1. The first-order chi connectivity index (χ1) is 13.4. The van der Waals surface area contributed by atoms with Crippen LogP contribution < -0.4 is 0 Å². The summed E-state index contributed by atoms with van der Waals surface area (Å²) >= 11 is 0. The summed E-state index contributed by atoms with van der Waals surface area (Å²) in [6.07, 6.45) is 3.97. The van der Waals surface area contributed by atoms with Crippen LogP contribution in [0.5, 0.6) is 0 Å². The Morgan fingerprint density at radius 1 is 0.704 bits per heavy atom. The van der Waals surface area contributed by atoms with Crippen molar-refractivity contribution in [3.05, 3.63) is 113 Å². The number of hydrogen-bond donors (Lipinski definition) is 0. The molecule has 1 saturated carbocycles. The normalized spacial score (nSPS) is 20.9. The van der Waals surface area contributed by atoms with Crippen LogP contribution in [0.1, 0.15) is 36.0 Å². The molecule has 2 fully saturated rings. The van der Waals surface area contributed by atoms with Gasteiger partial charge in [0.15, 0.2) is 0 Å². The lowest BCUT2D eigenvalue weighted by molar-refractivity contribution is 0.260. The molecule has 27 heavy (non-hydrogen) atoms. The van der Waals surface area contributed by atoms with Crippen LogP contribution in [0.2, 0.25) is 0 Å². The molecule has 1 heterocycles. The molecule has 1 nitrogen and oxygen atoms in total. The van der Waals surface area contributed by atoms with Gasteiger partial charge in [-0.3, -0.25) is 0 Å². The van der Waals surface area contributed by atoms with Gasteiger partial charge < -0.3 is 4.90 Å². The Kier molecular flexibility index (Phi) is 4.29. The van der Waals surface area contributed by atoms with E-state index in [0.29, 0.717) is 12.0 Å². The Labute approximate surface area is 162 Å². The Morgan fingerprint density at radius 3 is 1.85 bits per heavy atom. The first-order valence-corrected chi connectivity index (χ1v) is 10.1. The summed E-state index contributed by atoms with van der Waals surface area (Å²) in [5.74, 6) is 0.689. The number of likely N-dealkylation sites (tertiary alicyclic amines) is 1. The van der Waals surface area contributed by atoms with Gasteiger partial charge in [0.2, 0.25) is 0 Å². The molecule has 2 bridgehead atoms. The maximum atomic E-state index is 2.71. The topological polar surface area (TPSA) is 3.24 Å². The van der Waals surface area contributed by atoms with E-state index < -0.39 is 0 Å². The van der Waals surface area contributed by atoms with Crippen LogP contribution >= 0.6 is 0 Å². The van der Waals surface area contributed by atoms with Gasteiger partial charge in [0.05, 0.1) is 0 Å². The third-order valence-corrected chi connectivity index (χ3v) is 6.12. The summed E-state index contributed by atoms with van der Waals surface area (Å²) < 4.78 is 0. The van der Waals surface area contributed by atoms with Crippen molar-refractivity contribution in [2.24, 2.45) is 5.92 Å². The van der Waals surface area contributed by atoms with E-state index >= 15 is 0 Å². The van der Waals surface area contributed by atoms with E-state index in [4.69, 9.17) is 0 Å². The fraction of sp³-hybridized carbons (Fsp3) is 0.231. The highest BCUT2D eigenvalue weighted by atomic mass is 15.2. The second-order valence-electron chi connectivity index (χ2n) is 7.77. The zero-order valence-corrected chi connectivity index (χ0v) is 15.6. The molecule has 1 saturated heterocycles. The minimum atomic E-state index is 0.688. The van der Waals surface area contributed by atoms with Crippen molar-refractivity contribution < 1.29 is 0 Å². The number of hydrogen-bond acceptors (Lipinski definition) is 1. The average Bonchev–Trinajstić information content (AvgIpc) is 3.34. The number of allylic oxidation sites excluding steroid dienone is 1. The number of fused-ring (bicyclic) bond motifs is 2. The van der Waals surface area contributed by atoms with Gasteiger partial charge >= 0.3 is 0 Å². The number of rotatable bonds is 4. The van der Waals surface area contributed by atoms with Crippen LogP contribution in [0.15, 0.2) is 96.7 Å². The Balaban J connectivity index is 1.66. The lowest BCUT2D eigenvalue weighted by Crippen LogP contribution is -2.31. The zero-order valence-electron chi connectivity index (χ0n) is 15.6. The van der Waals surface area contributed by atoms with E-state index in [1.807, 2.05) is 0 Å². The summed E-state index contributed by atoms with van der Waals surface area (Å²) in [6.45, 7) is 1.01. The van der Waals surface area contributed by atoms with Crippen LogP contribution in [0.4, 0.5) is 0 Å². The number of benzene rings is 3. The molecule has 0 spiro atoms. The van der Waals surface area contributed by atoms with Gasteiger partial charge in [0.1, 0.15) is 0 Å². The molecule has 2 atom stereocenters. The molecular formula is C26H25N. The highest BCUT2D eigenvalue weighted by molar-refractivity contribution is 5.82. The van der Waals surface area contributed by atoms with Gasteiger partial charge in [-0.15, -0.1) is 0 Å². The van der Waals surface area contributed by atoms with E-state index in [1.54, 1.807) is 5.70 Å². The second-order valence-corrected chi connectivity index (χ2v) is 7.77. The zero-order chi connectivity index (χ0) is 18.1. The highest BCUT2D eigenvalue weighted by Crippen LogP contribution is 2.49. The molecule has 0 radical (unpaired) electrons. The Hall–Kier alpha value is -2.80. The minimum Gasteiger partial charge on any atom is -0.367 e. The maximum absolute atomic E-state index is 2.71. The first kappa shape index (κ1) is 16.4. The van der Waals surface area contributed by atoms with Crippen molar-refractivity contribution in [3.63, 3.8) is 0 Å². The van der Waals surface area contributed by atoms with Crippen molar-refractivity contribution in [2.75, 3.05) is 0 Å². The molecule has 1 aliphatic heterocycles. The molecule has 1 heteroatoms. The fourth-order valence-corrected chi connectivity index (χ4v) is 4.93. The van der Waals surface area contributed by atoms with Gasteiger partial charge in [0, 0.05) is 29.8 Å². The molecule has 1 aliphatic carbocycles. The highest BCUT2D eigenvalue weighted by Gasteiger charge is 2.43. The number of piperidine rings is 1. The predicted octanol–water partition coefficient (Wildman–Crippen LogP) is 6.13. The van der Waals surface area contributed by atoms with Crippen LogP contribution in [-0.2, 0) is 6.54 Å². The van der Waals surface area contributed by atoms with E-state index in [0.717, 1.165) is 6.54 Å². The maximum Gasteiger partial charge on any atom is 0.0429 e. The van der Waals surface area contributed by atoms with E-state index in [2.05, 4.69) is 95.9 Å². The second kappa shape index (κ2) is 7.08. The van der Waals surface area contributed by atoms with Gasteiger partial charge in [0.25, 0.3) is 0 Å². The van der Waals surface area contributed by atoms with Crippen LogP contribution in [0, 0.1) is 5.92 Å². The van der Waals surface area contributed by atoms with E-state index in [1.165, 1.54) is 41.5 Å². The molecule has 0 N–H and O–H groups in total. The number of nitrogens with zero attached hydrogens (tertiary/aromatic N) is 1. The summed E-state index contributed by atoms with van der Waals surface area (Å²) in [7, 11) is 0. The summed E-state index contributed by atoms with van der Waals surface area (Å²) in [4.78, 5) is 2.71. The minimum absolute atomic E-state index is 0.688. The van der Waals surface area contributed by atoms with Crippen molar-refractivity contribution in [3.8, 4) is 0 Å². The standard InChI is InChI=1S/C26H25N/c1-4-10-20(11-5-1)19-27-24-17-16-23(18-24)26(27)25(21-12-6-2-7-13-21)22-14-8-3-9-15-22/h1-15,23-24H,16-19H2/t23-,24+/m0/s1. The Morgan fingerprint density at radius 2 is 1.26 bits per heavy atom. The van der Waals surface area contributed by atoms with Crippen molar-refractivity contribution in [1.82, 2.24) is 4.90 Å². The predicted molar refractivity (Wildman–Crippen MR) is 112 cm³/mol. The molecule has 3 aromatic rings. The monoisotopic (exact) mass is 351 g/mol. The van der Waals surface area contributed by atoms with Crippen molar-refractivity contribution in [1.29, 1.82) is 0 Å². The van der Waals surface area contributed by atoms with Crippen LogP contribution in [-0.4, -0.2) is 10.9 Å². The molecular weight excluding hydrogens is 326 g/mol. The van der Waals surface area contributed by atoms with Crippen LogP contribution in [0.3, 0.4) is 0 Å². The average molecular weight is 351 g/mol. The van der Waals surface area contributed by atoms with E-state index in [9.17, 15) is 0 Å². The summed E-state index contributed by atoms with van der Waals surface area (Å²) in [5, 5.41) is 0. The van der Waals surface area contributed by atoms with Gasteiger partial charge in [-0.1, -0.05) is 91.0 Å². The largest absolute Gasteiger partial charge is 0.367 e. The molecule has 3 aromatic carbocycles. The van der Waals surface area contributed by atoms with Gasteiger partial charge in [-0.2, -0.15) is 0 Å². The fourth-order valence-electron chi connectivity index (χ4n) is 4.93. The molecule has 2 aliphatic rings. The van der Waals surface area contributed by atoms with Crippen molar-refractivity contribution >= 4 is 5.57 Å². The van der Waals surface area contributed by atoms with Gasteiger partial charge in [-0.25, -0.2) is 0 Å². The molecule has 5 rings (SSSR count). The molecule has 0 unspecified atom stereocenters. The third-order valence-electron chi connectivity index (χ3n) is 6.12. The quantitative estimate of drug-likeness (QED) is 0.546. The van der Waals surface area contributed by atoms with Crippen molar-refractivity contribution in [2.45, 2.75) is 31.8 Å². The lowest BCUT2D eigenvalue weighted by atomic mass is 9.90. The third kappa shape index (κ3) is 3.08. The van der Waals surface area contributed by atoms with E-state index in [-0.39, 0.29) is 0 Å². The molecule has 0 aromatic heterocycles. The lowest BCUT2D eigenvalue weighted by Gasteiger charge is -2.34. The Bertz CT molecular complexity index is 886. The van der Waals surface area contributed by atoms with Gasteiger partial charge in [-0.05, 0) is 36.0 Å². The van der Waals surface area contributed by atoms with Crippen LogP contribution in [0.25, 0.3) is 5.57 Å². The molecule has 134 valence electrons. The summed E-state index contributed by atoms with van der Waals surface area (Å²) in [6, 6.07) is 33.5.